The molecule has 0 aromatic carbocycles. The molecule has 0 spiro atoms. The van der Waals surface area contributed by atoms with Crippen molar-refractivity contribution in [1.29, 1.82) is 0 Å². The van der Waals surface area contributed by atoms with Crippen molar-refractivity contribution in [1.82, 2.24) is 4.90 Å². The molecule has 0 unspecified atom stereocenters. The van der Waals surface area contributed by atoms with E-state index in [1.807, 2.05) is 0 Å². The van der Waals surface area contributed by atoms with Crippen LogP contribution in [0.25, 0.3) is 10.4 Å². The molecule has 19 heavy (non-hydrogen) atoms. The van der Waals surface area contributed by atoms with Gasteiger partial charge in [-0.15, -0.1) is 0 Å². The lowest BCUT2D eigenvalue weighted by Crippen LogP contribution is -2.46. The Morgan fingerprint density at radius 3 is 2.58 bits per heavy atom. The van der Waals surface area contributed by atoms with Crippen molar-refractivity contribution >= 4 is 0 Å². The Labute approximate surface area is 114 Å². The smallest absolute Gasteiger partial charge is 0.0754 e. The predicted octanol–water partition coefficient (Wildman–Crippen LogP) is 1.94. The average Bonchev–Trinajstić information content (AvgIpc) is 2.46. The number of nitrogens with zero attached hydrogens (tertiary/aromatic N) is 4. The molecule has 0 amide bonds. The van der Waals surface area contributed by atoms with Gasteiger partial charge in [-0.3, -0.25) is 4.90 Å². The third-order valence-corrected chi connectivity index (χ3v) is 4.26. The van der Waals surface area contributed by atoms with E-state index in [1.165, 1.54) is 19.3 Å². The molecule has 2 aliphatic rings. The zero-order valence-electron chi connectivity index (χ0n) is 11.4. The van der Waals surface area contributed by atoms with Crippen LogP contribution in [-0.2, 0) is 4.74 Å². The van der Waals surface area contributed by atoms with Crippen molar-refractivity contribution in [3.05, 3.63) is 10.4 Å². The van der Waals surface area contributed by atoms with Crippen molar-refractivity contribution < 1.29 is 9.84 Å². The molecular weight excluding hydrogens is 244 g/mol. The number of rotatable bonds is 5. The predicted molar refractivity (Wildman–Crippen MR) is 72.8 cm³/mol. The molecule has 0 aromatic heterocycles. The van der Waals surface area contributed by atoms with Gasteiger partial charge in [0.1, 0.15) is 0 Å². The van der Waals surface area contributed by atoms with Gasteiger partial charge < -0.3 is 9.84 Å². The lowest BCUT2D eigenvalue weighted by Gasteiger charge is -2.34. The lowest BCUT2D eigenvalue weighted by molar-refractivity contribution is 0.00296. The number of morpholine rings is 1. The number of hydrogen-bond acceptors (Lipinski definition) is 4. The van der Waals surface area contributed by atoms with E-state index in [2.05, 4.69) is 14.9 Å². The molecule has 1 saturated carbocycles. The van der Waals surface area contributed by atoms with Crippen LogP contribution in [0.15, 0.2) is 5.11 Å². The Bertz CT molecular complexity index is 308. The highest BCUT2D eigenvalue weighted by molar-refractivity contribution is 4.87. The Hall–Kier alpha value is -0.810. The number of aliphatic hydroxyl groups excluding tert-OH is 1. The highest BCUT2D eigenvalue weighted by Gasteiger charge is 2.30. The molecular formula is C13H24N4O2. The second-order valence-electron chi connectivity index (χ2n) is 5.57. The van der Waals surface area contributed by atoms with Gasteiger partial charge in [-0.05, 0) is 24.3 Å². The van der Waals surface area contributed by atoms with Crippen molar-refractivity contribution in [3.8, 4) is 0 Å². The summed E-state index contributed by atoms with van der Waals surface area (Å²) in [6.45, 7) is 3.74. The quantitative estimate of drug-likeness (QED) is 0.470. The van der Waals surface area contributed by atoms with E-state index in [4.69, 9.17) is 10.3 Å². The Morgan fingerprint density at radius 1 is 1.26 bits per heavy atom. The third-order valence-electron chi connectivity index (χ3n) is 4.26. The largest absolute Gasteiger partial charge is 0.391 e. The molecule has 6 nitrogen and oxygen atoms in total. The maximum atomic E-state index is 10.4. The van der Waals surface area contributed by atoms with Crippen LogP contribution in [-0.4, -0.2) is 55.0 Å². The summed E-state index contributed by atoms with van der Waals surface area (Å²) < 4.78 is 5.30. The van der Waals surface area contributed by atoms with Gasteiger partial charge in [0.25, 0.3) is 0 Å². The number of β-amino-alcohol motifs (C(OH)–C–C–N with tert-alkyl or cyclic N) is 1. The molecule has 0 bridgehead atoms. The fourth-order valence-corrected chi connectivity index (χ4v) is 3.18. The summed E-state index contributed by atoms with van der Waals surface area (Å²) >= 11 is 0. The van der Waals surface area contributed by atoms with Gasteiger partial charge in [-0.25, -0.2) is 0 Å². The normalized spacial score (nSPS) is 25.5. The molecule has 1 heterocycles. The van der Waals surface area contributed by atoms with Gasteiger partial charge in [0, 0.05) is 24.5 Å². The van der Waals surface area contributed by atoms with Gasteiger partial charge >= 0.3 is 0 Å². The summed E-state index contributed by atoms with van der Waals surface area (Å²) in [6, 6.07) is -0.270. The van der Waals surface area contributed by atoms with Crippen molar-refractivity contribution in [3.63, 3.8) is 0 Å². The lowest BCUT2D eigenvalue weighted by atomic mass is 9.82. The van der Waals surface area contributed by atoms with Crippen LogP contribution in [0.1, 0.15) is 32.1 Å². The minimum Gasteiger partial charge on any atom is -0.391 e. The van der Waals surface area contributed by atoms with E-state index >= 15 is 0 Å². The van der Waals surface area contributed by atoms with Crippen molar-refractivity contribution in [2.75, 3.05) is 32.8 Å². The van der Waals surface area contributed by atoms with E-state index in [0.29, 0.717) is 12.5 Å². The van der Waals surface area contributed by atoms with Crippen LogP contribution in [0.3, 0.4) is 0 Å². The molecule has 108 valence electrons. The highest BCUT2D eigenvalue weighted by Crippen LogP contribution is 2.30. The van der Waals surface area contributed by atoms with Crippen LogP contribution in [0.4, 0.5) is 0 Å². The molecule has 1 saturated heterocycles. The monoisotopic (exact) mass is 268 g/mol. The van der Waals surface area contributed by atoms with E-state index in [-0.39, 0.29) is 6.04 Å². The van der Waals surface area contributed by atoms with Crippen LogP contribution < -0.4 is 0 Å². The van der Waals surface area contributed by atoms with Gasteiger partial charge in [-0.2, -0.15) is 0 Å². The highest BCUT2D eigenvalue weighted by atomic mass is 16.5. The van der Waals surface area contributed by atoms with Crippen LogP contribution in [0, 0.1) is 5.92 Å². The SMILES string of the molecule is [N-]=[N+]=N[C@@H](C1CCCCC1)[C@H](O)CN1CCOCC1. The minimum absolute atomic E-state index is 0.270. The number of azide groups is 1. The summed E-state index contributed by atoms with van der Waals surface area (Å²) in [6.07, 6.45) is 5.23. The zero-order chi connectivity index (χ0) is 13.5. The van der Waals surface area contributed by atoms with Gasteiger partial charge in [-0.1, -0.05) is 24.4 Å². The van der Waals surface area contributed by atoms with Crippen LogP contribution in [0.2, 0.25) is 0 Å². The molecule has 1 N–H and O–H groups in total. The standard InChI is InChI=1S/C13H24N4O2/c14-16-15-13(11-4-2-1-3-5-11)12(18)10-17-6-8-19-9-7-17/h11-13,18H,1-10H2/t12-,13+/m1/s1. The Kier molecular flexibility index (Phi) is 5.92. The molecule has 1 aliphatic carbocycles. The van der Waals surface area contributed by atoms with Crippen LogP contribution in [0.5, 0.6) is 0 Å². The topological polar surface area (TPSA) is 81.5 Å². The van der Waals surface area contributed by atoms with Gasteiger partial charge in [0.2, 0.25) is 0 Å². The maximum Gasteiger partial charge on any atom is 0.0754 e. The Balaban J connectivity index is 1.90. The van der Waals surface area contributed by atoms with E-state index in [1.54, 1.807) is 0 Å². The number of aliphatic hydroxyl groups is 1. The average molecular weight is 268 g/mol. The first-order valence-electron chi connectivity index (χ1n) is 7.33. The fourth-order valence-electron chi connectivity index (χ4n) is 3.18. The Morgan fingerprint density at radius 2 is 1.95 bits per heavy atom. The summed E-state index contributed by atoms with van der Waals surface area (Å²) in [5.74, 6) is 0.348. The summed E-state index contributed by atoms with van der Waals surface area (Å²) in [7, 11) is 0. The first-order chi connectivity index (χ1) is 9.31. The molecule has 1 aliphatic heterocycles. The second-order valence-corrected chi connectivity index (χ2v) is 5.57. The first-order valence-corrected chi connectivity index (χ1v) is 7.33. The molecule has 2 atom stereocenters. The minimum atomic E-state index is -0.558. The van der Waals surface area contributed by atoms with E-state index in [0.717, 1.165) is 39.1 Å². The van der Waals surface area contributed by atoms with Gasteiger partial charge in [0.05, 0.1) is 25.4 Å². The molecule has 6 heteroatoms. The summed E-state index contributed by atoms with van der Waals surface area (Å²) in [5, 5.41) is 14.3. The van der Waals surface area contributed by atoms with E-state index in [9.17, 15) is 5.11 Å². The molecule has 0 radical (unpaired) electrons. The summed E-state index contributed by atoms with van der Waals surface area (Å²) in [5.41, 5.74) is 8.74. The second kappa shape index (κ2) is 7.70. The zero-order valence-corrected chi connectivity index (χ0v) is 11.4. The molecule has 2 fully saturated rings. The number of ether oxygens (including phenoxy) is 1. The fraction of sp³-hybridized carbons (Fsp3) is 1.00. The molecule has 0 aromatic rings. The third kappa shape index (κ3) is 4.35. The molecule has 2 rings (SSSR count). The van der Waals surface area contributed by atoms with Crippen molar-refractivity contribution in [2.45, 2.75) is 44.2 Å². The van der Waals surface area contributed by atoms with E-state index < -0.39 is 6.10 Å². The number of hydrogen-bond donors (Lipinski definition) is 1. The van der Waals surface area contributed by atoms with Crippen molar-refractivity contribution in [2.24, 2.45) is 11.0 Å². The first kappa shape index (κ1) is 14.6. The van der Waals surface area contributed by atoms with Gasteiger partial charge in [0.15, 0.2) is 0 Å². The summed E-state index contributed by atoms with van der Waals surface area (Å²) in [4.78, 5) is 5.14. The maximum absolute atomic E-state index is 10.4. The van der Waals surface area contributed by atoms with Crippen LogP contribution >= 0.6 is 0 Å².